The maximum absolute atomic E-state index is 12.9. The number of hydrogen-bond acceptors (Lipinski definition) is 2. The summed E-state index contributed by atoms with van der Waals surface area (Å²) < 4.78 is 40.6. The first-order valence-electron chi connectivity index (χ1n) is 8.97. The monoisotopic (exact) mass is 385 g/mol. The molecule has 0 amide bonds. The molecule has 0 radical (unpaired) electrons. The van der Waals surface area contributed by atoms with E-state index in [1.54, 1.807) is 6.08 Å². The summed E-state index contributed by atoms with van der Waals surface area (Å²) in [6.45, 7) is 5.74. The van der Waals surface area contributed by atoms with Gasteiger partial charge in [-0.3, -0.25) is 0 Å². The van der Waals surface area contributed by atoms with Crippen LogP contribution in [0.2, 0.25) is 0 Å². The van der Waals surface area contributed by atoms with Crippen molar-refractivity contribution in [2.75, 3.05) is 12.4 Å². The molecule has 0 spiro atoms. The molecule has 1 atom stereocenters. The van der Waals surface area contributed by atoms with E-state index >= 15 is 0 Å². The van der Waals surface area contributed by atoms with E-state index in [-0.39, 0.29) is 5.92 Å². The van der Waals surface area contributed by atoms with Crippen molar-refractivity contribution in [1.82, 2.24) is 9.78 Å². The van der Waals surface area contributed by atoms with Gasteiger partial charge in [0.2, 0.25) is 0 Å². The van der Waals surface area contributed by atoms with Gasteiger partial charge in [0.05, 0.1) is 16.9 Å². The van der Waals surface area contributed by atoms with Crippen molar-refractivity contribution in [3.63, 3.8) is 0 Å². The van der Waals surface area contributed by atoms with E-state index in [9.17, 15) is 13.2 Å². The highest BCUT2D eigenvalue weighted by molar-refractivity contribution is 5.57. The lowest BCUT2D eigenvalue weighted by molar-refractivity contribution is -0.137. The molecule has 28 heavy (non-hydrogen) atoms. The Morgan fingerprint density at radius 3 is 2.29 bits per heavy atom. The van der Waals surface area contributed by atoms with Gasteiger partial charge in [-0.2, -0.15) is 18.3 Å². The van der Waals surface area contributed by atoms with Crippen molar-refractivity contribution in [3.05, 3.63) is 89.6 Å². The van der Waals surface area contributed by atoms with Crippen molar-refractivity contribution < 1.29 is 13.2 Å². The summed E-state index contributed by atoms with van der Waals surface area (Å²) >= 11 is 0. The number of anilines is 1. The zero-order valence-corrected chi connectivity index (χ0v) is 15.8. The highest BCUT2D eigenvalue weighted by atomic mass is 19.4. The van der Waals surface area contributed by atoms with Crippen LogP contribution < -0.4 is 5.32 Å². The smallest absolute Gasteiger partial charge is 0.373 e. The number of aromatic nitrogens is 2. The number of halogens is 3. The Morgan fingerprint density at radius 1 is 1.11 bits per heavy atom. The second kappa shape index (κ2) is 7.92. The van der Waals surface area contributed by atoms with Crippen LogP contribution in [0, 0.1) is 6.92 Å². The number of alkyl halides is 3. The molecule has 1 aromatic heterocycles. The molecule has 0 bridgehead atoms. The van der Waals surface area contributed by atoms with Crippen LogP contribution >= 0.6 is 0 Å². The quantitative estimate of drug-likeness (QED) is 0.532. The Hall–Kier alpha value is -3.02. The molecule has 1 heterocycles. The van der Waals surface area contributed by atoms with Crippen molar-refractivity contribution in [2.45, 2.75) is 25.4 Å². The number of nitrogens with zero attached hydrogens (tertiary/aromatic N) is 2. The van der Waals surface area contributed by atoms with E-state index in [4.69, 9.17) is 0 Å². The molecule has 6 heteroatoms. The number of aryl methyl sites for hydroxylation is 1. The summed E-state index contributed by atoms with van der Waals surface area (Å²) in [5.74, 6) is 0.662. The molecule has 0 fully saturated rings. The maximum atomic E-state index is 12.9. The molecule has 3 rings (SSSR count). The van der Waals surface area contributed by atoms with E-state index in [1.165, 1.54) is 12.1 Å². The maximum Gasteiger partial charge on any atom is 0.416 e. The molecular formula is C22H22F3N3. The van der Waals surface area contributed by atoms with Gasteiger partial charge < -0.3 is 5.32 Å². The van der Waals surface area contributed by atoms with Gasteiger partial charge >= 0.3 is 6.18 Å². The van der Waals surface area contributed by atoms with Crippen LogP contribution in [0.15, 0.2) is 67.3 Å². The van der Waals surface area contributed by atoms with Gasteiger partial charge in [0.1, 0.15) is 5.82 Å². The number of nitrogens with one attached hydrogen (secondary N) is 1. The molecule has 0 saturated heterocycles. The van der Waals surface area contributed by atoms with Crippen LogP contribution in [0.4, 0.5) is 19.0 Å². The average Bonchev–Trinajstić information content (AvgIpc) is 3.02. The summed E-state index contributed by atoms with van der Waals surface area (Å²) in [6, 6.07) is 15.0. The fourth-order valence-corrected chi connectivity index (χ4v) is 3.44. The summed E-state index contributed by atoms with van der Waals surface area (Å²) in [6.07, 6.45) is -1.99. The van der Waals surface area contributed by atoms with Crippen LogP contribution in [0.25, 0.3) is 5.69 Å². The molecule has 3 nitrogen and oxygen atoms in total. The lowest BCUT2D eigenvalue weighted by Gasteiger charge is -2.19. The Bertz CT molecular complexity index is 942. The molecule has 1 N–H and O–H groups in total. The Morgan fingerprint density at radius 2 is 1.75 bits per heavy atom. The topological polar surface area (TPSA) is 29.9 Å². The first kappa shape index (κ1) is 19.7. The van der Waals surface area contributed by atoms with Crippen LogP contribution in [0.3, 0.4) is 0 Å². The predicted molar refractivity (Wildman–Crippen MR) is 106 cm³/mol. The van der Waals surface area contributed by atoms with Gasteiger partial charge in [-0.1, -0.05) is 36.4 Å². The third-order valence-electron chi connectivity index (χ3n) is 4.74. The van der Waals surface area contributed by atoms with Gasteiger partial charge in [-0.05, 0) is 43.2 Å². The fraction of sp³-hybridized carbons (Fsp3) is 0.227. The van der Waals surface area contributed by atoms with Gasteiger partial charge in [0, 0.05) is 18.5 Å². The largest absolute Gasteiger partial charge is 0.416 e. The molecular weight excluding hydrogens is 363 g/mol. The summed E-state index contributed by atoms with van der Waals surface area (Å²) in [5, 5.41) is 7.89. The number of rotatable bonds is 6. The molecule has 0 aliphatic rings. The second-order valence-corrected chi connectivity index (χ2v) is 6.54. The van der Waals surface area contributed by atoms with Crippen molar-refractivity contribution in [2.24, 2.45) is 0 Å². The molecule has 1 unspecified atom stereocenters. The van der Waals surface area contributed by atoms with Crippen molar-refractivity contribution in [1.29, 1.82) is 0 Å². The molecule has 3 aromatic rings. The second-order valence-electron chi connectivity index (χ2n) is 6.54. The van der Waals surface area contributed by atoms with Crippen LogP contribution in [0.5, 0.6) is 0 Å². The summed E-state index contributed by atoms with van der Waals surface area (Å²) in [7, 11) is 1.82. The SMILES string of the molecule is C=CCC(c1ccc(C(F)(F)F)cc1)c1c(C)nn(-c2ccccc2)c1NC. The van der Waals surface area contributed by atoms with Crippen LogP contribution in [-0.4, -0.2) is 16.8 Å². The highest BCUT2D eigenvalue weighted by Crippen LogP contribution is 2.38. The third kappa shape index (κ3) is 3.81. The highest BCUT2D eigenvalue weighted by Gasteiger charge is 2.31. The van der Waals surface area contributed by atoms with Gasteiger partial charge in [-0.15, -0.1) is 6.58 Å². The molecule has 0 aliphatic carbocycles. The lowest BCUT2D eigenvalue weighted by atomic mass is 9.87. The van der Waals surface area contributed by atoms with E-state index in [0.717, 1.165) is 40.5 Å². The third-order valence-corrected chi connectivity index (χ3v) is 4.74. The summed E-state index contributed by atoms with van der Waals surface area (Å²) in [4.78, 5) is 0. The zero-order chi connectivity index (χ0) is 20.3. The normalized spacial score (nSPS) is 12.6. The molecule has 146 valence electrons. The number of para-hydroxylation sites is 1. The minimum atomic E-state index is -4.35. The number of benzene rings is 2. The lowest BCUT2D eigenvalue weighted by Crippen LogP contribution is -2.08. The summed E-state index contributed by atoms with van der Waals surface area (Å²) in [5.41, 5.74) is 2.82. The first-order valence-corrected chi connectivity index (χ1v) is 8.97. The average molecular weight is 385 g/mol. The molecule has 2 aromatic carbocycles. The van der Waals surface area contributed by atoms with E-state index in [0.29, 0.717) is 6.42 Å². The Kier molecular flexibility index (Phi) is 5.58. The predicted octanol–water partition coefficient (Wildman–Crippen LogP) is 5.95. The van der Waals surface area contributed by atoms with Crippen molar-refractivity contribution in [3.8, 4) is 5.69 Å². The zero-order valence-electron chi connectivity index (χ0n) is 15.8. The van der Waals surface area contributed by atoms with Gasteiger partial charge in [0.25, 0.3) is 0 Å². The number of allylic oxidation sites excluding steroid dienone is 1. The van der Waals surface area contributed by atoms with Crippen LogP contribution in [-0.2, 0) is 6.18 Å². The number of hydrogen-bond donors (Lipinski definition) is 1. The standard InChI is InChI=1S/C22H22F3N3/c1-4-8-19(16-11-13-17(14-12-16)22(23,24)25)20-15(2)27-28(21(20)26-3)18-9-6-5-7-10-18/h4-7,9-14,19,26H,1,8H2,2-3H3. The first-order chi connectivity index (χ1) is 13.4. The Balaban J connectivity index is 2.10. The fourth-order valence-electron chi connectivity index (χ4n) is 3.44. The van der Waals surface area contributed by atoms with Gasteiger partial charge in [-0.25, -0.2) is 4.68 Å². The van der Waals surface area contributed by atoms with Crippen molar-refractivity contribution >= 4 is 5.82 Å². The minimum absolute atomic E-state index is 0.153. The molecule has 0 saturated carbocycles. The Labute approximate surface area is 162 Å². The minimum Gasteiger partial charge on any atom is -0.373 e. The molecule has 0 aliphatic heterocycles. The van der Waals surface area contributed by atoms with Crippen LogP contribution in [0.1, 0.15) is 34.7 Å². The van der Waals surface area contributed by atoms with Gasteiger partial charge in [0.15, 0.2) is 0 Å². The van der Waals surface area contributed by atoms with E-state index in [2.05, 4.69) is 17.0 Å². The van der Waals surface area contributed by atoms with E-state index in [1.807, 2.05) is 49.0 Å². The van der Waals surface area contributed by atoms with E-state index < -0.39 is 11.7 Å².